The molecule has 14 heteroatoms. The van der Waals surface area contributed by atoms with Gasteiger partial charge in [-0.2, -0.15) is 0 Å². The second-order valence-electron chi connectivity index (χ2n) is 12.3. The maximum atomic E-state index is 12.8. The fourth-order valence-electron chi connectivity index (χ4n) is 4.38. The summed E-state index contributed by atoms with van der Waals surface area (Å²) in [6, 6.07) is 8.16. The van der Waals surface area contributed by atoms with Crippen LogP contribution in [0.1, 0.15) is 44.0 Å². The highest BCUT2D eigenvalue weighted by molar-refractivity contribution is 5.96. The maximum Gasteiger partial charge on any atom is 0.328 e. The summed E-state index contributed by atoms with van der Waals surface area (Å²) in [5.74, 6) is 1.60. The van der Waals surface area contributed by atoms with Crippen LogP contribution in [0.3, 0.4) is 0 Å². The number of ether oxygens (including phenoxy) is 5. The number of hydrogen-bond acceptors (Lipinski definition) is 11. The number of benzene rings is 1. The summed E-state index contributed by atoms with van der Waals surface area (Å²) in [5.41, 5.74) is 0.225. The van der Waals surface area contributed by atoms with E-state index in [1.54, 1.807) is 29.2 Å². The lowest BCUT2D eigenvalue weighted by Crippen LogP contribution is -2.57. The first kappa shape index (κ1) is 37.7. The molecule has 0 saturated carbocycles. The van der Waals surface area contributed by atoms with Crippen LogP contribution in [0.25, 0.3) is 0 Å². The lowest BCUT2D eigenvalue weighted by atomic mass is 9.88. The van der Waals surface area contributed by atoms with Crippen molar-refractivity contribution in [2.75, 3.05) is 53.2 Å². The molecular formula is C34H44N4O10. The molecule has 14 nitrogen and oxygen atoms in total. The van der Waals surface area contributed by atoms with Gasteiger partial charge in [0.2, 0.25) is 11.8 Å². The topological polar surface area (TPSA) is 175 Å². The minimum absolute atomic E-state index is 0.0190. The van der Waals surface area contributed by atoms with Crippen LogP contribution in [0.4, 0.5) is 0 Å². The Labute approximate surface area is 280 Å². The summed E-state index contributed by atoms with van der Waals surface area (Å²) in [5, 5.41) is 15.0. The van der Waals surface area contributed by atoms with Crippen molar-refractivity contribution in [1.29, 1.82) is 0 Å². The van der Waals surface area contributed by atoms with E-state index in [1.807, 2.05) is 0 Å². The predicted octanol–water partition coefficient (Wildman–Crippen LogP) is 1.70. The van der Waals surface area contributed by atoms with Gasteiger partial charge in [0.15, 0.2) is 6.61 Å². The highest BCUT2D eigenvalue weighted by Gasteiger charge is 2.32. The number of carbonyl (C=O) groups excluding carboxylic acids is 4. The van der Waals surface area contributed by atoms with Gasteiger partial charge in [-0.05, 0) is 36.5 Å². The average molecular weight is 669 g/mol. The van der Waals surface area contributed by atoms with Crippen LogP contribution in [0.2, 0.25) is 0 Å². The van der Waals surface area contributed by atoms with E-state index in [0.29, 0.717) is 37.4 Å². The van der Waals surface area contributed by atoms with Crippen LogP contribution < -0.4 is 20.1 Å². The minimum Gasteiger partial charge on any atom is -0.484 e. The molecule has 0 aliphatic carbocycles. The molecule has 0 spiro atoms. The van der Waals surface area contributed by atoms with E-state index in [2.05, 4.69) is 42.3 Å². The molecule has 1 aliphatic rings. The number of rotatable bonds is 18. The van der Waals surface area contributed by atoms with Gasteiger partial charge in [0.1, 0.15) is 30.8 Å². The van der Waals surface area contributed by atoms with Gasteiger partial charge in [-0.25, -0.2) is 9.78 Å². The molecule has 0 bridgehead atoms. The van der Waals surface area contributed by atoms with Gasteiger partial charge < -0.3 is 44.3 Å². The van der Waals surface area contributed by atoms with Gasteiger partial charge in [0.25, 0.3) is 11.8 Å². The molecule has 3 rings (SSSR count). The van der Waals surface area contributed by atoms with E-state index in [0.717, 1.165) is 0 Å². The van der Waals surface area contributed by atoms with Crippen molar-refractivity contribution in [3.05, 3.63) is 48.2 Å². The number of aliphatic hydroxyl groups is 1. The average Bonchev–Trinajstić information content (AvgIpc) is 3.04. The second kappa shape index (κ2) is 18.6. The van der Waals surface area contributed by atoms with Crippen LogP contribution in [-0.4, -0.2) is 110 Å². The van der Waals surface area contributed by atoms with E-state index in [4.69, 9.17) is 30.1 Å². The lowest BCUT2D eigenvalue weighted by molar-refractivity contribution is -0.150. The number of aromatic nitrogens is 1. The van der Waals surface area contributed by atoms with Crippen molar-refractivity contribution in [3.63, 3.8) is 0 Å². The Balaban J connectivity index is 1.42. The summed E-state index contributed by atoms with van der Waals surface area (Å²) in [6.07, 6.45) is 7.36. The van der Waals surface area contributed by atoms with E-state index < -0.39 is 29.9 Å². The van der Waals surface area contributed by atoms with Crippen molar-refractivity contribution in [2.45, 2.75) is 51.8 Å². The molecule has 1 unspecified atom stereocenters. The Morgan fingerprint density at radius 2 is 1.85 bits per heavy atom. The molecule has 3 amide bonds. The zero-order valence-corrected chi connectivity index (χ0v) is 27.7. The molecule has 1 fully saturated rings. The molecule has 0 radical (unpaired) electrons. The zero-order chi connectivity index (χ0) is 35.1. The number of nitrogens with zero attached hydrogens (tertiary/aromatic N) is 2. The molecule has 1 aliphatic heterocycles. The first-order chi connectivity index (χ1) is 22.9. The zero-order valence-electron chi connectivity index (χ0n) is 27.7. The summed E-state index contributed by atoms with van der Waals surface area (Å²) in [7, 11) is 1.28. The third-order valence-corrected chi connectivity index (χ3v) is 7.10. The highest BCUT2D eigenvalue weighted by Crippen LogP contribution is 2.25. The highest BCUT2D eigenvalue weighted by atomic mass is 16.5. The number of terminal acetylenes is 1. The summed E-state index contributed by atoms with van der Waals surface area (Å²) in [4.78, 5) is 55.2. The van der Waals surface area contributed by atoms with Gasteiger partial charge in [0.05, 0.1) is 38.0 Å². The van der Waals surface area contributed by atoms with Crippen LogP contribution >= 0.6 is 0 Å². The third-order valence-electron chi connectivity index (χ3n) is 7.10. The molecule has 2 aromatic rings. The predicted molar refractivity (Wildman–Crippen MR) is 173 cm³/mol. The molecule has 1 aromatic heterocycles. The van der Waals surface area contributed by atoms with Crippen molar-refractivity contribution >= 4 is 23.7 Å². The summed E-state index contributed by atoms with van der Waals surface area (Å²) in [6.45, 7) is 6.28. The second-order valence-corrected chi connectivity index (χ2v) is 12.3. The molecule has 2 atom stereocenters. The molecular weight excluding hydrogens is 624 g/mol. The van der Waals surface area contributed by atoms with Crippen molar-refractivity contribution < 1.29 is 48.0 Å². The largest absolute Gasteiger partial charge is 0.484 e. The standard InChI is InChI=1S/C34H44N4O10/c1-6-14-45-22-31(41)38-17-27(18-38)46-20-24(19-39)36-29(40)21-47-25-8-7-9-26(15-25)48-30-11-10-23(16-35-30)32(42)37-28(33(43)44-5)12-13-34(2,3)4/h1,7-11,15-16,24,27-28,39H,12-14,17-22H2,2-5H3,(H,36,40)(H,37,42)/t24?,28-/m0/s1. The van der Waals surface area contributed by atoms with Gasteiger partial charge in [-0.15, -0.1) is 6.42 Å². The third kappa shape index (κ3) is 12.8. The Morgan fingerprint density at radius 1 is 1.10 bits per heavy atom. The van der Waals surface area contributed by atoms with E-state index in [-0.39, 0.29) is 61.9 Å². The van der Waals surface area contributed by atoms with Crippen molar-refractivity contribution in [3.8, 4) is 29.7 Å². The van der Waals surface area contributed by atoms with Gasteiger partial charge in [-0.3, -0.25) is 14.4 Å². The molecule has 2 heterocycles. The summed E-state index contributed by atoms with van der Waals surface area (Å²) >= 11 is 0. The molecule has 1 saturated heterocycles. The maximum absolute atomic E-state index is 12.8. The van der Waals surface area contributed by atoms with Gasteiger partial charge >= 0.3 is 5.97 Å². The Kier molecular flexibility index (Phi) is 14.6. The monoisotopic (exact) mass is 668 g/mol. The van der Waals surface area contributed by atoms with Crippen LogP contribution in [0, 0.1) is 17.8 Å². The Hall–Kier alpha value is -4.71. The lowest BCUT2D eigenvalue weighted by Gasteiger charge is -2.39. The fourth-order valence-corrected chi connectivity index (χ4v) is 4.38. The van der Waals surface area contributed by atoms with Gasteiger partial charge in [-0.1, -0.05) is 32.8 Å². The number of amides is 3. The van der Waals surface area contributed by atoms with Crippen LogP contribution in [0.5, 0.6) is 17.4 Å². The normalized spacial score (nSPS) is 14.1. The number of nitrogens with one attached hydrogen (secondary N) is 2. The van der Waals surface area contributed by atoms with E-state index in [1.165, 1.54) is 25.4 Å². The Bertz CT molecular complexity index is 1410. The molecule has 3 N–H and O–H groups in total. The van der Waals surface area contributed by atoms with E-state index in [9.17, 15) is 24.3 Å². The first-order valence-electron chi connectivity index (χ1n) is 15.5. The number of likely N-dealkylation sites (tertiary alicyclic amines) is 1. The van der Waals surface area contributed by atoms with Crippen LogP contribution in [-0.2, 0) is 28.6 Å². The van der Waals surface area contributed by atoms with Crippen molar-refractivity contribution in [2.24, 2.45) is 5.41 Å². The number of carbonyl (C=O) groups is 4. The number of hydrogen-bond donors (Lipinski definition) is 3. The molecule has 260 valence electrons. The molecule has 48 heavy (non-hydrogen) atoms. The number of methoxy groups -OCH3 is 1. The number of esters is 1. The van der Waals surface area contributed by atoms with Crippen LogP contribution in [0.15, 0.2) is 42.6 Å². The smallest absolute Gasteiger partial charge is 0.328 e. The SMILES string of the molecule is C#CCOCC(=O)N1CC(OCC(CO)NC(=O)COc2cccc(Oc3ccc(C(=O)N[C@@H](CCC(C)(C)C)C(=O)OC)cn3)c2)C1. The number of aliphatic hydroxyl groups excluding tert-OH is 1. The van der Waals surface area contributed by atoms with Gasteiger partial charge in [0, 0.05) is 31.4 Å². The first-order valence-corrected chi connectivity index (χ1v) is 15.5. The fraction of sp³-hybridized carbons (Fsp3) is 0.500. The molecule has 1 aromatic carbocycles. The number of pyridine rings is 1. The van der Waals surface area contributed by atoms with E-state index >= 15 is 0 Å². The van der Waals surface area contributed by atoms with Crippen molar-refractivity contribution in [1.82, 2.24) is 20.5 Å². The Morgan fingerprint density at radius 3 is 2.50 bits per heavy atom. The minimum atomic E-state index is -0.784. The quantitative estimate of drug-likeness (QED) is 0.120. The summed E-state index contributed by atoms with van der Waals surface area (Å²) < 4.78 is 27.0.